The van der Waals surface area contributed by atoms with E-state index in [1.165, 1.54) is 26.0 Å². The fourth-order valence-electron chi connectivity index (χ4n) is 3.30. The van der Waals surface area contributed by atoms with E-state index in [1.54, 1.807) is 30.3 Å². The summed E-state index contributed by atoms with van der Waals surface area (Å²) in [6.07, 6.45) is 0.630. The molecule has 0 bridgehead atoms. The van der Waals surface area contributed by atoms with E-state index in [0.29, 0.717) is 39.9 Å². The van der Waals surface area contributed by atoms with Crippen molar-refractivity contribution in [2.24, 2.45) is 0 Å². The second-order valence-electron chi connectivity index (χ2n) is 7.49. The third kappa shape index (κ3) is 6.24. The van der Waals surface area contributed by atoms with Crippen molar-refractivity contribution >= 4 is 46.6 Å². The SMILES string of the molecule is CCC(Sc1cccc(NC(=O)c2c(OC)cccc2OC)c1)C(=O)Nc1ccc(C)c(Cl)c1. The number of hydrogen-bond donors (Lipinski definition) is 2. The minimum Gasteiger partial charge on any atom is -0.496 e. The number of carbonyl (C=O) groups excluding carboxylic acids is 2. The van der Waals surface area contributed by atoms with Gasteiger partial charge in [0.2, 0.25) is 5.91 Å². The molecule has 178 valence electrons. The molecule has 0 saturated heterocycles. The van der Waals surface area contributed by atoms with Crippen LogP contribution in [0.1, 0.15) is 29.3 Å². The van der Waals surface area contributed by atoms with E-state index in [1.807, 2.05) is 44.2 Å². The van der Waals surface area contributed by atoms with Crippen molar-refractivity contribution in [3.8, 4) is 11.5 Å². The standard InChI is InChI=1S/C26H27ClN2O4S/c1-5-23(25(30)28-18-13-12-16(2)20(27)15-18)34-19-9-6-8-17(14-19)29-26(31)24-21(32-3)10-7-11-22(24)33-4/h6-15,23H,5H2,1-4H3,(H,28,30)(H,29,31). The highest BCUT2D eigenvalue weighted by Gasteiger charge is 2.20. The van der Waals surface area contributed by atoms with Crippen LogP contribution < -0.4 is 20.1 Å². The van der Waals surface area contributed by atoms with E-state index >= 15 is 0 Å². The largest absolute Gasteiger partial charge is 0.496 e. The summed E-state index contributed by atoms with van der Waals surface area (Å²) < 4.78 is 10.7. The second kappa shape index (κ2) is 11.8. The van der Waals surface area contributed by atoms with Crippen molar-refractivity contribution in [2.75, 3.05) is 24.9 Å². The molecule has 6 nitrogen and oxygen atoms in total. The van der Waals surface area contributed by atoms with Crippen molar-refractivity contribution in [1.82, 2.24) is 0 Å². The van der Waals surface area contributed by atoms with Crippen molar-refractivity contribution in [3.63, 3.8) is 0 Å². The predicted octanol–water partition coefficient (Wildman–Crippen LogP) is 6.43. The molecule has 0 aliphatic carbocycles. The molecule has 0 aromatic heterocycles. The maximum absolute atomic E-state index is 13.0. The Hall–Kier alpha value is -3.16. The molecule has 3 rings (SSSR count). The molecule has 2 amide bonds. The molecule has 0 aliphatic heterocycles. The number of benzene rings is 3. The van der Waals surface area contributed by atoms with Crippen LogP contribution in [0.3, 0.4) is 0 Å². The summed E-state index contributed by atoms with van der Waals surface area (Å²) >= 11 is 7.61. The van der Waals surface area contributed by atoms with Crippen LogP contribution in [0.4, 0.5) is 11.4 Å². The molecule has 3 aromatic carbocycles. The molecule has 2 N–H and O–H groups in total. The number of ether oxygens (including phenoxy) is 2. The van der Waals surface area contributed by atoms with E-state index < -0.39 is 0 Å². The number of thioether (sulfide) groups is 1. The third-order valence-electron chi connectivity index (χ3n) is 5.13. The number of methoxy groups -OCH3 is 2. The van der Waals surface area contributed by atoms with E-state index in [2.05, 4.69) is 10.6 Å². The Morgan fingerprint density at radius 1 is 0.941 bits per heavy atom. The van der Waals surface area contributed by atoms with Crippen LogP contribution in [-0.4, -0.2) is 31.3 Å². The molecule has 34 heavy (non-hydrogen) atoms. The van der Waals surface area contributed by atoms with Crippen LogP contribution in [0.5, 0.6) is 11.5 Å². The van der Waals surface area contributed by atoms with Gasteiger partial charge in [0.05, 0.1) is 19.5 Å². The third-order valence-corrected chi connectivity index (χ3v) is 6.89. The van der Waals surface area contributed by atoms with Gasteiger partial charge in [0.1, 0.15) is 17.1 Å². The first kappa shape index (κ1) is 25.5. The Bertz CT molecular complexity index is 1160. The number of rotatable bonds is 9. The summed E-state index contributed by atoms with van der Waals surface area (Å²) in [5, 5.41) is 6.11. The van der Waals surface area contributed by atoms with E-state index in [4.69, 9.17) is 21.1 Å². The first-order chi connectivity index (χ1) is 16.4. The smallest absolute Gasteiger partial charge is 0.263 e. The zero-order valence-corrected chi connectivity index (χ0v) is 21.0. The van der Waals surface area contributed by atoms with Crippen LogP contribution in [0.2, 0.25) is 5.02 Å². The Morgan fingerprint density at radius 2 is 1.59 bits per heavy atom. The van der Waals surface area contributed by atoms with Crippen LogP contribution in [0.15, 0.2) is 65.6 Å². The summed E-state index contributed by atoms with van der Waals surface area (Å²) in [5.74, 6) is 0.376. The van der Waals surface area contributed by atoms with Gasteiger partial charge in [-0.2, -0.15) is 0 Å². The number of amides is 2. The molecule has 3 aromatic rings. The second-order valence-corrected chi connectivity index (χ2v) is 9.17. The quantitative estimate of drug-likeness (QED) is 0.332. The van der Waals surface area contributed by atoms with Gasteiger partial charge in [-0.15, -0.1) is 11.8 Å². The maximum Gasteiger partial charge on any atom is 0.263 e. The highest BCUT2D eigenvalue weighted by atomic mass is 35.5. The van der Waals surface area contributed by atoms with Gasteiger partial charge in [0.25, 0.3) is 5.91 Å². The summed E-state index contributed by atoms with van der Waals surface area (Å²) in [6, 6.07) is 18.0. The molecule has 0 heterocycles. The number of hydrogen-bond acceptors (Lipinski definition) is 5. The van der Waals surface area contributed by atoms with Gasteiger partial charge in [-0.1, -0.05) is 36.7 Å². The summed E-state index contributed by atoms with van der Waals surface area (Å²) in [5.41, 5.74) is 2.52. The zero-order chi connectivity index (χ0) is 24.7. The number of nitrogens with one attached hydrogen (secondary N) is 2. The lowest BCUT2D eigenvalue weighted by molar-refractivity contribution is -0.115. The van der Waals surface area contributed by atoms with Gasteiger partial charge in [-0.3, -0.25) is 9.59 Å². The van der Waals surface area contributed by atoms with Gasteiger partial charge >= 0.3 is 0 Å². The summed E-state index contributed by atoms with van der Waals surface area (Å²) in [6.45, 7) is 3.87. The Kier molecular flexibility index (Phi) is 8.85. The first-order valence-corrected chi connectivity index (χ1v) is 12.0. The highest BCUT2D eigenvalue weighted by Crippen LogP contribution is 2.31. The molecule has 8 heteroatoms. The van der Waals surface area contributed by atoms with Crippen molar-refractivity contribution in [2.45, 2.75) is 30.4 Å². The van der Waals surface area contributed by atoms with Gasteiger partial charge in [0, 0.05) is 21.3 Å². The van der Waals surface area contributed by atoms with Gasteiger partial charge < -0.3 is 20.1 Å². The average molecular weight is 499 g/mol. The molecule has 0 saturated carbocycles. The normalized spacial score (nSPS) is 11.4. The molecule has 0 spiro atoms. The minimum atomic E-state index is -0.350. The molecular weight excluding hydrogens is 472 g/mol. The summed E-state index contributed by atoms with van der Waals surface area (Å²) in [7, 11) is 3.01. The monoisotopic (exact) mass is 498 g/mol. The molecule has 1 unspecified atom stereocenters. The number of anilines is 2. The van der Waals surface area contributed by atoms with Crippen LogP contribution in [0.25, 0.3) is 0 Å². The van der Waals surface area contributed by atoms with Gasteiger partial charge in [-0.25, -0.2) is 0 Å². The zero-order valence-electron chi connectivity index (χ0n) is 19.5. The Balaban J connectivity index is 1.72. The lowest BCUT2D eigenvalue weighted by Crippen LogP contribution is -2.24. The molecular formula is C26H27ClN2O4S. The van der Waals surface area contributed by atoms with Gasteiger partial charge in [-0.05, 0) is 61.4 Å². The Morgan fingerprint density at radius 3 is 2.21 bits per heavy atom. The number of carbonyl (C=O) groups is 2. The lowest BCUT2D eigenvalue weighted by Gasteiger charge is -2.16. The van der Waals surface area contributed by atoms with E-state index in [0.717, 1.165) is 10.5 Å². The van der Waals surface area contributed by atoms with Crippen molar-refractivity contribution in [3.05, 3.63) is 76.8 Å². The fourth-order valence-corrected chi connectivity index (χ4v) is 4.49. The first-order valence-electron chi connectivity index (χ1n) is 10.7. The Labute approximate surface area is 209 Å². The van der Waals surface area contributed by atoms with Crippen LogP contribution >= 0.6 is 23.4 Å². The molecule has 0 radical (unpaired) electrons. The van der Waals surface area contributed by atoms with Crippen LogP contribution in [0, 0.1) is 6.92 Å². The predicted molar refractivity (Wildman–Crippen MR) is 139 cm³/mol. The summed E-state index contributed by atoms with van der Waals surface area (Å²) in [4.78, 5) is 26.7. The molecule has 1 atom stereocenters. The lowest BCUT2D eigenvalue weighted by atomic mass is 10.1. The number of aryl methyl sites for hydroxylation is 1. The molecule has 0 fully saturated rings. The van der Waals surface area contributed by atoms with Crippen molar-refractivity contribution < 1.29 is 19.1 Å². The van der Waals surface area contributed by atoms with Crippen LogP contribution in [-0.2, 0) is 4.79 Å². The minimum absolute atomic E-state index is 0.111. The average Bonchev–Trinajstić information content (AvgIpc) is 2.84. The fraction of sp³-hybridized carbons (Fsp3) is 0.231. The highest BCUT2D eigenvalue weighted by molar-refractivity contribution is 8.00. The topological polar surface area (TPSA) is 76.7 Å². The van der Waals surface area contributed by atoms with E-state index in [-0.39, 0.29) is 17.1 Å². The maximum atomic E-state index is 13.0. The van der Waals surface area contributed by atoms with E-state index in [9.17, 15) is 9.59 Å². The number of halogens is 1. The van der Waals surface area contributed by atoms with Crippen molar-refractivity contribution in [1.29, 1.82) is 0 Å². The molecule has 0 aliphatic rings. The van der Waals surface area contributed by atoms with Gasteiger partial charge in [0.15, 0.2) is 0 Å².